The molecule has 0 saturated carbocycles. The molecule has 0 bridgehead atoms. The van der Waals surface area contributed by atoms with Gasteiger partial charge in [-0.2, -0.15) is 0 Å². The minimum Gasteiger partial charge on any atom is -0.493 e. The van der Waals surface area contributed by atoms with Crippen LogP contribution >= 0.6 is 0 Å². The Kier molecular flexibility index (Phi) is 10.5. The molecule has 156 valence electrons. The summed E-state index contributed by atoms with van der Waals surface area (Å²) in [5, 5.41) is 6.46. The number of methoxy groups -OCH3 is 1. The van der Waals surface area contributed by atoms with Crippen LogP contribution in [0.5, 0.6) is 11.5 Å². The lowest BCUT2D eigenvalue weighted by Gasteiger charge is -2.14. The van der Waals surface area contributed by atoms with Crippen molar-refractivity contribution < 1.29 is 14.3 Å². The van der Waals surface area contributed by atoms with E-state index in [2.05, 4.69) is 22.2 Å². The molecule has 2 N–H and O–H groups in total. The Morgan fingerprint density at radius 1 is 1.25 bits per heavy atom. The first-order chi connectivity index (χ1) is 13.4. The predicted octanol–water partition coefficient (Wildman–Crippen LogP) is 2.23. The first-order valence-electron chi connectivity index (χ1n) is 9.53. The number of hydrogen-bond acceptors (Lipinski definition) is 4. The van der Waals surface area contributed by atoms with Crippen molar-refractivity contribution in [2.45, 2.75) is 26.7 Å². The Balaban J connectivity index is 2.58. The molecule has 0 unspecified atom stereocenters. The number of carbonyl (C=O) groups is 1. The lowest BCUT2D eigenvalue weighted by atomic mass is 10.1. The molecule has 0 fully saturated rings. The summed E-state index contributed by atoms with van der Waals surface area (Å²) >= 11 is 0. The summed E-state index contributed by atoms with van der Waals surface area (Å²) in [7, 11) is 5.08. The first-order valence-corrected chi connectivity index (χ1v) is 9.53. The molecule has 1 aromatic carbocycles. The molecule has 0 aliphatic carbocycles. The fourth-order valence-electron chi connectivity index (χ4n) is 2.34. The monoisotopic (exact) mass is 390 g/mol. The number of benzene rings is 1. The van der Waals surface area contributed by atoms with E-state index in [9.17, 15) is 4.79 Å². The second kappa shape index (κ2) is 12.6. The van der Waals surface area contributed by atoms with Gasteiger partial charge in [-0.1, -0.05) is 18.2 Å². The van der Waals surface area contributed by atoms with Crippen LogP contribution in [0.1, 0.15) is 25.8 Å². The maximum absolute atomic E-state index is 11.8. The zero-order valence-corrected chi connectivity index (χ0v) is 17.8. The van der Waals surface area contributed by atoms with Crippen LogP contribution in [0.25, 0.3) is 0 Å². The quantitative estimate of drug-likeness (QED) is 0.262. The van der Waals surface area contributed by atoms with Crippen molar-refractivity contribution in [2.75, 3.05) is 47.4 Å². The molecule has 1 rings (SSSR count). The Morgan fingerprint density at radius 3 is 2.61 bits per heavy atom. The molecule has 0 atom stereocenters. The van der Waals surface area contributed by atoms with Gasteiger partial charge in [-0.3, -0.25) is 4.79 Å². The highest BCUT2D eigenvalue weighted by Gasteiger charge is 2.07. The molecule has 7 heteroatoms. The highest BCUT2D eigenvalue weighted by Crippen LogP contribution is 2.28. The van der Waals surface area contributed by atoms with E-state index < -0.39 is 0 Å². The van der Waals surface area contributed by atoms with Crippen molar-refractivity contribution in [1.82, 2.24) is 15.5 Å². The van der Waals surface area contributed by atoms with Crippen molar-refractivity contribution in [3.05, 3.63) is 35.9 Å². The maximum Gasteiger partial charge on any atom is 0.243 e. The van der Waals surface area contributed by atoms with E-state index in [0.29, 0.717) is 19.1 Å². The van der Waals surface area contributed by atoms with Crippen LogP contribution < -0.4 is 20.1 Å². The standard InChI is InChI=1S/C21H34N4O3/c1-7-28-19-13-17(10-11-18(19)27-6)9-8-12-22-21(23-14-16(2)3)24-15-20(26)25(4)5/h10-11,13H,2,7-9,12,14-15H2,1,3-6H3,(H2,22,23,24). The van der Waals surface area contributed by atoms with Gasteiger partial charge in [0.15, 0.2) is 17.5 Å². The van der Waals surface area contributed by atoms with Gasteiger partial charge in [-0.05, 0) is 44.4 Å². The van der Waals surface area contributed by atoms with Crippen LogP contribution in [-0.4, -0.2) is 64.2 Å². The predicted molar refractivity (Wildman–Crippen MR) is 114 cm³/mol. The number of aryl methyl sites for hydroxylation is 1. The van der Waals surface area contributed by atoms with E-state index >= 15 is 0 Å². The summed E-state index contributed by atoms with van der Waals surface area (Å²) in [6, 6.07) is 6.00. The van der Waals surface area contributed by atoms with Crippen LogP contribution in [0.2, 0.25) is 0 Å². The topological polar surface area (TPSA) is 75.2 Å². The number of guanidine groups is 1. The minimum atomic E-state index is -0.0434. The molecule has 0 saturated heterocycles. The van der Waals surface area contributed by atoms with Gasteiger partial charge in [0.05, 0.1) is 13.7 Å². The summed E-state index contributed by atoms with van der Waals surface area (Å²) in [5.74, 6) is 2.08. The van der Waals surface area contributed by atoms with Crippen molar-refractivity contribution in [1.29, 1.82) is 0 Å². The van der Waals surface area contributed by atoms with E-state index in [-0.39, 0.29) is 12.5 Å². The zero-order chi connectivity index (χ0) is 20.9. The molecule has 0 aliphatic rings. The zero-order valence-electron chi connectivity index (χ0n) is 17.8. The molecule has 28 heavy (non-hydrogen) atoms. The average molecular weight is 391 g/mol. The minimum absolute atomic E-state index is 0.0434. The van der Waals surface area contributed by atoms with Gasteiger partial charge in [-0.15, -0.1) is 0 Å². The number of aliphatic imine (C=N–C) groups is 1. The molecule has 0 heterocycles. The third-order valence-electron chi connectivity index (χ3n) is 3.89. The molecule has 1 aromatic rings. The van der Waals surface area contributed by atoms with E-state index in [1.54, 1.807) is 21.2 Å². The van der Waals surface area contributed by atoms with Crippen molar-refractivity contribution >= 4 is 11.9 Å². The molecule has 1 amide bonds. The van der Waals surface area contributed by atoms with Crippen molar-refractivity contribution in [3.63, 3.8) is 0 Å². The van der Waals surface area contributed by atoms with Crippen LogP contribution in [0.3, 0.4) is 0 Å². The van der Waals surface area contributed by atoms with Crippen LogP contribution in [0.4, 0.5) is 0 Å². The Hall–Kier alpha value is -2.70. The Bertz CT molecular complexity index is 672. The molecule has 0 aliphatic heterocycles. The SMILES string of the molecule is C=C(C)CNC(=NCC(=O)N(C)C)NCCCc1ccc(OC)c(OCC)c1. The van der Waals surface area contributed by atoms with Gasteiger partial charge in [0.1, 0.15) is 6.54 Å². The number of nitrogens with zero attached hydrogens (tertiary/aromatic N) is 2. The molecule has 0 spiro atoms. The van der Waals surface area contributed by atoms with Gasteiger partial charge in [-0.25, -0.2) is 4.99 Å². The number of amides is 1. The number of rotatable bonds is 11. The number of ether oxygens (including phenoxy) is 2. The molecule has 0 radical (unpaired) electrons. The van der Waals surface area contributed by atoms with E-state index in [1.807, 2.05) is 32.0 Å². The number of nitrogens with one attached hydrogen (secondary N) is 2. The number of likely N-dealkylation sites (N-methyl/N-ethyl adjacent to an activating group) is 1. The van der Waals surface area contributed by atoms with Crippen LogP contribution in [-0.2, 0) is 11.2 Å². The molecular formula is C21H34N4O3. The summed E-state index contributed by atoms with van der Waals surface area (Å²) in [6.07, 6.45) is 1.80. The van der Waals surface area contributed by atoms with Gasteiger partial charge in [0.25, 0.3) is 0 Å². The van der Waals surface area contributed by atoms with Gasteiger partial charge in [0, 0.05) is 27.2 Å². The highest BCUT2D eigenvalue weighted by molar-refractivity contribution is 5.84. The summed E-state index contributed by atoms with van der Waals surface area (Å²) in [4.78, 5) is 17.6. The number of hydrogen-bond donors (Lipinski definition) is 2. The fraction of sp³-hybridized carbons (Fsp3) is 0.524. The highest BCUT2D eigenvalue weighted by atomic mass is 16.5. The second-order valence-electron chi connectivity index (χ2n) is 6.71. The average Bonchev–Trinajstić information content (AvgIpc) is 2.66. The Morgan fingerprint density at radius 2 is 2.00 bits per heavy atom. The van der Waals surface area contributed by atoms with Gasteiger partial charge < -0.3 is 25.0 Å². The lowest BCUT2D eigenvalue weighted by molar-refractivity contribution is -0.127. The normalized spacial score (nSPS) is 11.0. The molecular weight excluding hydrogens is 356 g/mol. The van der Waals surface area contributed by atoms with Crippen molar-refractivity contribution in [3.8, 4) is 11.5 Å². The van der Waals surface area contributed by atoms with Gasteiger partial charge in [0.2, 0.25) is 5.91 Å². The third-order valence-corrected chi connectivity index (χ3v) is 3.89. The molecule has 0 aromatic heterocycles. The third kappa shape index (κ3) is 8.79. The van der Waals surface area contributed by atoms with Crippen molar-refractivity contribution in [2.24, 2.45) is 4.99 Å². The van der Waals surface area contributed by atoms with E-state index in [4.69, 9.17) is 9.47 Å². The van der Waals surface area contributed by atoms with E-state index in [0.717, 1.165) is 36.5 Å². The second-order valence-corrected chi connectivity index (χ2v) is 6.71. The maximum atomic E-state index is 11.8. The molecule has 7 nitrogen and oxygen atoms in total. The lowest BCUT2D eigenvalue weighted by Crippen LogP contribution is -2.39. The summed E-state index contributed by atoms with van der Waals surface area (Å²) < 4.78 is 10.9. The summed E-state index contributed by atoms with van der Waals surface area (Å²) in [5.41, 5.74) is 2.18. The Labute approximate surface area is 168 Å². The summed E-state index contributed by atoms with van der Waals surface area (Å²) in [6.45, 7) is 9.82. The fourth-order valence-corrected chi connectivity index (χ4v) is 2.34. The van der Waals surface area contributed by atoms with Crippen LogP contribution in [0.15, 0.2) is 35.3 Å². The largest absolute Gasteiger partial charge is 0.493 e. The van der Waals surface area contributed by atoms with Crippen LogP contribution in [0, 0.1) is 0 Å². The van der Waals surface area contributed by atoms with E-state index in [1.165, 1.54) is 10.5 Å². The smallest absolute Gasteiger partial charge is 0.243 e. The first kappa shape index (κ1) is 23.3. The van der Waals surface area contributed by atoms with Gasteiger partial charge >= 0.3 is 0 Å². The number of carbonyl (C=O) groups excluding carboxylic acids is 1.